The van der Waals surface area contributed by atoms with Gasteiger partial charge in [-0.15, -0.1) is 11.3 Å². The van der Waals surface area contributed by atoms with Crippen LogP contribution in [0.25, 0.3) is 10.2 Å². The molecule has 1 aliphatic heterocycles. The number of carbonyl (C=O) groups excluding carboxylic acids is 1. The minimum atomic E-state index is -1.18. The molecule has 1 aromatic heterocycles. The number of ether oxygens (including phenoxy) is 1. The number of rotatable bonds is 6. The number of hydrogen-bond acceptors (Lipinski definition) is 5. The predicted octanol–water partition coefficient (Wildman–Crippen LogP) is 2.37. The molecule has 7 heteroatoms. The summed E-state index contributed by atoms with van der Waals surface area (Å²) < 4.78 is 6.35. The normalized spacial score (nSPS) is 16.8. The highest BCUT2D eigenvalue weighted by molar-refractivity contribution is 7.18. The Morgan fingerprint density at radius 2 is 2.04 bits per heavy atom. The van der Waals surface area contributed by atoms with Gasteiger partial charge in [0.25, 0.3) is 0 Å². The number of benzene rings is 1. The molecule has 0 unspecified atom stereocenters. The van der Waals surface area contributed by atoms with Gasteiger partial charge in [-0.2, -0.15) is 0 Å². The van der Waals surface area contributed by atoms with Gasteiger partial charge in [0.15, 0.2) is 0 Å². The summed E-state index contributed by atoms with van der Waals surface area (Å²) in [5.41, 5.74) is -0.195. The number of aryl methyl sites for hydroxylation is 1. The smallest absolute Gasteiger partial charge is 0.329 e. The second kappa shape index (κ2) is 7.27. The van der Waals surface area contributed by atoms with Gasteiger partial charge >= 0.3 is 5.97 Å². The molecule has 1 saturated heterocycles. The van der Waals surface area contributed by atoms with Crippen molar-refractivity contribution in [1.82, 2.24) is 10.3 Å². The Hall–Kier alpha value is -1.99. The van der Waals surface area contributed by atoms with Crippen LogP contribution in [0, 0.1) is 0 Å². The average Bonchev–Trinajstić information content (AvgIpc) is 2.98. The van der Waals surface area contributed by atoms with Crippen molar-refractivity contribution in [3.05, 3.63) is 29.3 Å². The molecule has 0 aliphatic carbocycles. The molecule has 0 saturated carbocycles. The van der Waals surface area contributed by atoms with E-state index in [1.54, 1.807) is 11.3 Å². The molecule has 6 nitrogen and oxygen atoms in total. The number of nitrogens with zero attached hydrogens (tertiary/aromatic N) is 1. The van der Waals surface area contributed by atoms with Gasteiger partial charge in [-0.1, -0.05) is 12.1 Å². The largest absolute Gasteiger partial charge is 0.480 e. The van der Waals surface area contributed by atoms with Gasteiger partial charge in [0, 0.05) is 32.5 Å². The van der Waals surface area contributed by atoms with E-state index in [0.29, 0.717) is 38.9 Å². The van der Waals surface area contributed by atoms with E-state index in [9.17, 15) is 14.7 Å². The second-order valence-electron chi connectivity index (χ2n) is 5.98. The van der Waals surface area contributed by atoms with Crippen molar-refractivity contribution in [1.29, 1.82) is 0 Å². The highest BCUT2D eigenvalue weighted by atomic mass is 32.1. The summed E-state index contributed by atoms with van der Waals surface area (Å²) in [6.07, 6.45) is 2.29. The minimum absolute atomic E-state index is 0.222. The number of para-hydroxylation sites is 1. The quantitative estimate of drug-likeness (QED) is 0.837. The SMILES string of the molecule is O=C(CCCc1nc2ccccc2s1)NC1(C(=O)O)CCOCC1. The Morgan fingerprint density at radius 1 is 1.29 bits per heavy atom. The molecule has 0 bridgehead atoms. The molecule has 2 aromatic rings. The molecule has 1 aliphatic rings. The molecule has 1 amide bonds. The number of thiazole rings is 1. The molecule has 1 fully saturated rings. The number of carbonyl (C=O) groups is 2. The van der Waals surface area contributed by atoms with E-state index in [4.69, 9.17) is 4.74 Å². The van der Waals surface area contributed by atoms with Crippen LogP contribution in [0.3, 0.4) is 0 Å². The van der Waals surface area contributed by atoms with E-state index in [1.165, 1.54) is 0 Å². The van der Waals surface area contributed by atoms with Crippen LogP contribution in [-0.4, -0.2) is 40.7 Å². The number of carboxylic acids is 1. The first-order valence-electron chi connectivity index (χ1n) is 8.06. The van der Waals surface area contributed by atoms with Crippen LogP contribution in [-0.2, 0) is 20.7 Å². The Bertz CT molecular complexity index is 704. The van der Waals surface area contributed by atoms with Gasteiger partial charge in [-0.05, 0) is 25.0 Å². The third-order valence-electron chi connectivity index (χ3n) is 4.27. The summed E-state index contributed by atoms with van der Waals surface area (Å²) in [4.78, 5) is 28.2. The number of aromatic nitrogens is 1. The molecule has 0 atom stereocenters. The highest BCUT2D eigenvalue weighted by Crippen LogP contribution is 2.24. The maximum atomic E-state index is 12.2. The zero-order valence-corrected chi connectivity index (χ0v) is 14.1. The standard InChI is InChI=1S/C17H20N2O4S/c20-14(19-17(16(21)22)8-10-23-11-9-17)6-3-7-15-18-12-4-1-2-5-13(12)24-15/h1-2,4-5H,3,6-11H2,(H,19,20)(H,21,22). The molecular formula is C17H20N2O4S. The van der Waals surface area contributed by atoms with Crippen LogP contribution in [0.5, 0.6) is 0 Å². The fourth-order valence-corrected chi connectivity index (χ4v) is 3.88. The van der Waals surface area contributed by atoms with E-state index < -0.39 is 11.5 Å². The first kappa shape index (κ1) is 16.9. The van der Waals surface area contributed by atoms with Gasteiger partial charge in [-0.3, -0.25) is 4.79 Å². The van der Waals surface area contributed by atoms with Crippen LogP contribution in [0.2, 0.25) is 0 Å². The number of nitrogens with one attached hydrogen (secondary N) is 1. The predicted molar refractivity (Wildman–Crippen MR) is 91.1 cm³/mol. The van der Waals surface area contributed by atoms with Crippen LogP contribution in [0.1, 0.15) is 30.7 Å². The van der Waals surface area contributed by atoms with E-state index in [0.717, 1.165) is 21.6 Å². The van der Waals surface area contributed by atoms with Crippen LogP contribution in [0.4, 0.5) is 0 Å². The summed E-state index contributed by atoms with van der Waals surface area (Å²) in [6.45, 7) is 0.719. The highest BCUT2D eigenvalue weighted by Gasteiger charge is 2.41. The lowest BCUT2D eigenvalue weighted by Gasteiger charge is -2.33. The van der Waals surface area contributed by atoms with Gasteiger partial charge in [0.2, 0.25) is 5.91 Å². The van der Waals surface area contributed by atoms with Crippen molar-refractivity contribution in [2.75, 3.05) is 13.2 Å². The van der Waals surface area contributed by atoms with E-state index in [2.05, 4.69) is 10.3 Å². The van der Waals surface area contributed by atoms with E-state index in [1.807, 2.05) is 24.3 Å². The van der Waals surface area contributed by atoms with Crippen LogP contribution in [0.15, 0.2) is 24.3 Å². The molecule has 0 spiro atoms. The third kappa shape index (κ3) is 3.73. The number of carboxylic acid groups (broad SMARTS) is 1. The first-order valence-corrected chi connectivity index (χ1v) is 8.87. The summed E-state index contributed by atoms with van der Waals surface area (Å²) >= 11 is 1.64. The molecule has 3 rings (SSSR count). The Balaban J connectivity index is 1.52. The van der Waals surface area contributed by atoms with Gasteiger partial charge in [0.1, 0.15) is 5.54 Å². The lowest BCUT2D eigenvalue weighted by atomic mass is 9.90. The fraction of sp³-hybridized carbons (Fsp3) is 0.471. The second-order valence-corrected chi connectivity index (χ2v) is 7.09. The average molecular weight is 348 g/mol. The van der Waals surface area contributed by atoms with Crippen molar-refractivity contribution in [3.63, 3.8) is 0 Å². The van der Waals surface area contributed by atoms with Crippen molar-refractivity contribution in [3.8, 4) is 0 Å². The minimum Gasteiger partial charge on any atom is -0.480 e. The molecule has 24 heavy (non-hydrogen) atoms. The molecule has 0 radical (unpaired) electrons. The fourth-order valence-electron chi connectivity index (χ4n) is 2.87. The Kier molecular flexibility index (Phi) is 5.11. The summed E-state index contributed by atoms with van der Waals surface area (Å²) in [7, 11) is 0. The van der Waals surface area contributed by atoms with Crippen LogP contribution >= 0.6 is 11.3 Å². The topological polar surface area (TPSA) is 88.5 Å². The monoisotopic (exact) mass is 348 g/mol. The van der Waals surface area contributed by atoms with Gasteiger partial charge in [0.05, 0.1) is 15.2 Å². The Labute approximate surface area is 143 Å². The van der Waals surface area contributed by atoms with Crippen molar-refractivity contribution >= 4 is 33.4 Å². The van der Waals surface area contributed by atoms with Crippen molar-refractivity contribution in [2.24, 2.45) is 0 Å². The summed E-state index contributed by atoms with van der Waals surface area (Å²) in [5, 5.41) is 13.2. The molecule has 2 N–H and O–H groups in total. The summed E-state index contributed by atoms with van der Waals surface area (Å²) in [6, 6.07) is 7.95. The van der Waals surface area contributed by atoms with Crippen LogP contribution < -0.4 is 5.32 Å². The zero-order valence-electron chi connectivity index (χ0n) is 13.3. The molecule has 128 valence electrons. The maximum Gasteiger partial charge on any atom is 0.329 e. The van der Waals surface area contributed by atoms with Gasteiger partial charge < -0.3 is 15.2 Å². The van der Waals surface area contributed by atoms with Gasteiger partial charge in [-0.25, -0.2) is 9.78 Å². The molecular weight excluding hydrogens is 328 g/mol. The van der Waals surface area contributed by atoms with E-state index >= 15 is 0 Å². The number of aliphatic carboxylic acids is 1. The zero-order chi connectivity index (χ0) is 17.0. The number of fused-ring (bicyclic) bond motifs is 1. The first-order chi connectivity index (χ1) is 11.6. The summed E-state index contributed by atoms with van der Waals surface area (Å²) in [5.74, 6) is -1.20. The molecule has 2 heterocycles. The lowest BCUT2D eigenvalue weighted by Crippen LogP contribution is -2.57. The number of amides is 1. The van der Waals surface area contributed by atoms with E-state index in [-0.39, 0.29) is 5.91 Å². The maximum absolute atomic E-state index is 12.2. The lowest BCUT2D eigenvalue weighted by molar-refractivity contribution is -0.152. The van der Waals surface area contributed by atoms with Crippen molar-refractivity contribution in [2.45, 2.75) is 37.6 Å². The Morgan fingerprint density at radius 3 is 2.75 bits per heavy atom. The molecule has 1 aromatic carbocycles. The third-order valence-corrected chi connectivity index (χ3v) is 5.36. The number of hydrogen-bond donors (Lipinski definition) is 2. The van der Waals surface area contributed by atoms with Crippen molar-refractivity contribution < 1.29 is 19.4 Å².